The molecule has 4 rings (SSSR count). The molecule has 184 valence electrons. The highest BCUT2D eigenvalue weighted by Gasteiger charge is 2.37. The Morgan fingerprint density at radius 1 is 1.00 bits per heavy atom. The largest absolute Gasteiger partial charge is 0.378 e. The van der Waals surface area contributed by atoms with Crippen molar-refractivity contribution >= 4 is 78.9 Å². The molecule has 1 N–H and O–H groups in total. The third kappa shape index (κ3) is 5.17. The molecule has 0 radical (unpaired) electrons. The molecule has 1 saturated heterocycles. The minimum atomic E-state index is -4.14. The summed E-state index contributed by atoms with van der Waals surface area (Å²) in [6.45, 7) is 1.64. The van der Waals surface area contributed by atoms with E-state index in [1.54, 1.807) is 19.1 Å². The van der Waals surface area contributed by atoms with Crippen LogP contribution in [0.4, 0.5) is 10.5 Å². The van der Waals surface area contributed by atoms with Gasteiger partial charge < -0.3 is 4.18 Å². The summed E-state index contributed by atoms with van der Waals surface area (Å²) >= 11 is 15.2. The number of hydrogen-bond donors (Lipinski definition) is 1. The van der Waals surface area contributed by atoms with Crippen molar-refractivity contribution in [1.82, 2.24) is 5.32 Å². The second-order valence-electron chi connectivity index (χ2n) is 7.52. The van der Waals surface area contributed by atoms with Gasteiger partial charge in [-0.2, -0.15) is 8.42 Å². The molecule has 0 aromatic heterocycles. The molecule has 12 heteroatoms. The van der Waals surface area contributed by atoms with E-state index in [9.17, 15) is 22.8 Å². The zero-order valence-corrected chi connectivity index (χ0v) is 22.2. The van der Waals surface area contributed by atoms with Crippen LogP contribution in [0.25, 0.3) is 6.08 Å². The summed E-state index contributed by atoms with van der Waals surface area (Å²) in [7, 11) is -4.14. The number of rotatable bonds is 5. The Kier molecular flexibility index (Phi) is 7.24. The molecule has 3 aromatic carbocycles. The average Bonchev–Trinajstić information content (AvgIpc) is 2.81. The number of anilines is 1. The third-order valence-corrected chi connectivity index (χ3v) is 7.68. The number of imide groups is 2. The second kappa shape index (κ2) is 10.1. The molecule has 0 saturated carbocycles. The zero-order chi connectivity index (χ0) is 26.2. The Hall–Kier alpha value is -3.18. The Labute approximate surface area is 224 Å². The van der Waals surface area contributed by atoms with Crippen LogP contribution in [0.15, 0.2) is 75.6 Å². The fourth-order valence-electron chi connectivity index (χ4n) is 3.32. The molecule has 0 spiro atoms. The number of halogens is 3. The number of barbiturate groups is 1. The smallest absolute Gasteiger partial charge is 0.339 e. The topological polar surface area (TPSA) is 110 Å². The fraction of sp³-hybridized carbons (Fsp3) is 0.0417. The van der Waals surface area contributed by atoms with Crippen LogP contribution in [0.5, 0.6) is 5.75 Å². The van der Waals surface area contributed by atoms with E-state index in [1.807, 2.05) is 0 Å². The first-order valence-corrected chi connectivity index (χ1v) is 13.1. The van der Waals surface area contributed by atoms with Crippen molar-refractivity contribution < 1.29 is 27.0 Å². The average molecular weight is 610 g/mol. The maximum absolute atomic E-state index is 13.1. The standard InChI is InChI=1S/C24H15BrCl2N2O6S/c1-13-19(27)3-2-4-20(13)29-23(31)17(22(30)28-24(29)32)11-14-5-10-21(18(25)12-14)35-36(33,34)16-8-6-15(26)7-9-16/h2-12H,1H3,(H,28,30,32)/b17-11+. The van der Waals surface area contributed by atoms with Gasteiger partial charge in [-0.3, -0.25) is 14.9 Å². The predicted octanol–water partition coefficient (Wildman–Crippen LogP) is 5.50. The molecule has 8 nitrogen and oxygen atoms in total. The quantitative estimate of drug-likeness (QED) is 0.232. The predicted molar refractivity (Wildman–Crippen MR) is 139 cm³/mol. The zero-order valence-electron chi connectivity index (χ0n) is 18.3. The molecule has 1 aliphatic heterocycles. The van der Waals surface area contributed by atoms with E-state index in [0.717, 1.165) is 4.90 Å². The van der Waals surface area contributed by atoms with Crippen molar-refractivity contribution in [3.8, 4) is 5.75 Å². The minimum Gasteiger partial charge on any atom is -0.378 e. The number of amides is 4. The third-order valence-electron chi connectivity index (χ3n) is 5.15. The number of urea groups is 1. The van der Waals surface area contributed by atoms with Gasteiger partial charge in [0.2, 0.25) is 0 Å². The van der Waals surface area contributed by atoms with E-state index < -0.39 is 28.0 Å². The number of nitrogens with zero attached hydrogens (tertiary/aromatic N) is 1. The number of nitrogens with one attached hydrogen (secondary N) is 1. The molecular formula is C24H15BrCl2N2O6S. The van der Waals surface area contributed by atoms with Gasteiger partial charge in [0.15, 0.2) is 5.75 Å². The van der Waals surface area contributed by atoms with Gasteiger partial charge in [0.25, 0.3) is 11.8 Å². The van der Waals surface area contributed by atoms with Crippen LogP contribution in [-0.2, 0) is 19.7 Å². The maximum atomic E-state index is 13.1. The molecule has 1 heterocycles. The van der Waals surface area contributed by atoms with Gasteiger partial charge in [-0.15, -0.1) is 0 Å². The van der Waals surface area contributed by atoms with Gasteiger partial charge in [-0.25, -0.2) is 9.69 Å². The van der Waals surface area contributed by atoms with Crippen LogP contribution >= 0.6 is 39.1 Å². The molecule has 0 aliphatic carbocycles. The molecule has 0 bridgehead atoms. The van der Waals surface area contributed by atoms with Crippen LogP contribution < -0.4 is 14.4 Å². The summed E-state index contributed by atoms with van der Waals surface area (Å²) in [4.78, 5) is 38.8. The lowest BCUT2D eigenvalue weighted by atomic mass is 10.1. The normalized spacial score (nSPS) is 15.3. The van der Waals surface area contributed by atoms with E-state index in [0.29, 0.717) is 21.2 Å². The number of hydrogen-bond acceptors (Lipinski definition) is 6. The van der Waals surface area contributed by atoms with Gasteiger partial charge >= 0.3 is 16.1 Å². The molecule has 0 unspecified atom stereocenters. The van der Waals surface area contributed by atoms with E-state index in [4.69, 9.17) is 27.4 Å². The van der Waals surface area contributed by atoms with Crippen molar-refractivity contribution in [3.63, 3.8) is 0 Å². The van der Waals surface area contributed by atoms with Crippen LogP contribution in [0.1, 0.15) is 11.1 Å². The van der Waals surface area contributed by atoms with Crippen molar-refractivity contribution in [3.05, 3.63) is 91.9 Å². The molecule has 3 aromatic rings. The van der Waals surface area contributed by atoms with Gasteiger partial charge in [-0.05, 0) is 88.6 Å². The highest BCUT2D eigenvalue weighted by Crippen LogP contribution is 2.32. The van der Waals surface area contributed by atoms with E-state index in [-0.39, 0.29) is 26.4 Å². The molecule has 36 heavy (non-hydrogen) atoms. The Morgan fingerprint density at radius 3 is 2.36 bits per heavy atom. The van der Waals surface area contributed by atoms with Crippen LogP contribution in [0, 0.1) is 6.92 Å². The molecular weight excluding hydrogens is 595 g/mol. The van der Waals surface area contributed by atoms with Crippen molar-refractivity contribution in [2.45, 2.75) is 11.8 Å². The summed E-state index contributed by atoms with van der Waals surface area (Å²) in [5, 5.41) is 2.87. The van der Waals surface area contributed by atoms with Crippen LogP contribution in [0.3, 0.4) is 0 Å². The highest BCUT2D eigenvalue weighted by molar-refractivity contribution is 9.10. The summed E-state index contributed by atoms with van der Waals surface area (Å²) in [6, 6.07) is 13.6. The number of benzene rings is 3. The van der Waals surface area contributed by atoms with E-state index >= 15 is 0 Å². The molecule has 0 atom stereocenters. The van der Waals surface area contributed by atoms with Gasteiger partial charge in [-0.1, -0.05) is 35.3 Å². The monoisotopic (exact) mass is 608 g/mol. The fourth-order valence-corrected chi connectivity index (χ4v) is 5.15. The number of carbonyl (C=O) groups is 3. The summed E-state index contributed by atoms with van der Waals surface area (Å²) < 4.78 is 30.6. The van der Waals surface area contributed by atoms with Gasteiger partial charge in [0.1, 0.15) is 10.5 Å². The first-order chi connectivity index (χ1) is 17.0. The summed E-state index contributed by atoms with van der Waals surface area (Å²) in [5.74, 6) is -1.73. The van der Waals surface area contributed by atoms with Crippen LogP contribution in [-0.4, -0.2) is 26.3 Å². The Morgan fingerprint density at radius 2 is 1.69 bits per heavy atom. The lowest BCUT2D eigenvalue weighted by Crippen LogP contribution is -2.54. The lowest BCUT2D eigenvalue weighted by Gasteiger charge is -2.27. The molecule has 1 fully saturated rings. The van der Waals surface area contributed by atoms with E-state index in [2.05, 4.69) is 21.2 Å². The maximum Gasteiger partial charge on any atom is 0.339 e. The summed E-state index contributed by atoms with van der Waals surface area (Å²) in [6.07, 6.45) is 1.28. The molecule has 1 aliphatic rings. The highest BCUT2D eigenvalue weighted by atomic mass is 79.9. The van der Waals surface area contributed by atoms with Gasteiger partial charge in [0, 0.05) is 10.0 Å². The van der Waals surface area contributed by atoms with Crippen molar-refractivity contribution in [1.29, 1.82) is 0 Å². The van der Waals surface area contributed by atoms with Crippen LogP contribution in [0.2, 0.25) is 10.0 Å². The van der Waals surface area contributed by atoms with E-state index in [1.165, 1.54) is 54.6 Å². The molecule has 4 amide bonds. The lowest BCUT2D eigenvalue weighted by molar-refractivity contribution is -0.122. The number of carbonyl (C=O) groups excluding carboxylic acids is 3. The Bertz CT molecular complexity index is 1560. The second-order valence-corrected chi connectivity index (χ2v) is 10.8. The Balaban J connectivity index is 1.64. The minimum absolute atomic E-state index is 0.0159. The SMILES string of the molecule is Cc1c(Cl)cccc1N1C(=O)NC(=O)/C(=C\c2ccc(OS(=O)(=O)c3ccc(Cl)cc3)c(Br)c2)C1=O. The first-order valence-electron chi connectivity index (χ1n) is 10.1. The van der Waals surface area contributed by atoms with Crippen molar-refractivity contribution in [2.75, 3.05) is 4.90 Å². The first kappa shape index (κ1) is 25.9. The van der Waals surface area contributed by atoms with Gasteiger partial charge in [0.05, 0.1) is 10.2 Å². The van der Waals surface area contributed by atoms with Crippen molar-refractivity contribution in [2.24, 2.45) is 0 Å². The summed E-state index contributed by atoms with van der Waals surface area (Å²) in [5.41, 5.74) is 0.792.